The van der Waals surface area contributed by atoms with Crippen LogP contribution in [-0.2, 0) is 16.1 Å². The summed E-state index contributed by atoms with van der Waals surface area (Å²) in [7, 11) is 0. The summed E-state index contributed by atoms with van der Waals surface area (Å²) in [6.07, 6.45) is -0.659. The van der Waals surface area contributed by atoms with E-state index in [1.807, 2.05) is 74.5 Å². The Morgan fingerprint density at radius 3 is 2.11 bits per heavy atom. The molecule has 27 heavy (non-hydrogen) atoms. The third kappa shape index (κ3) is 6.42. The van der Waals surface area contributed by atoms with E-state index in [0.717, 1.165) is 11.1 Å². The summed E-state index contributed by atoms with van der Waals surface area (Å²) >= 11 is 0. The lowest BCUT2D eigenvalue weighted by atomic mass is 10.0. The van der Waals surface area contributed by atoms with Gasteiger partial charge in [0.2, 0.25) is 5.91 Å². The maximum Gasteiger partial charge on any atom is 0.408 e. The van der Waals surface area contributed by atoms with Gasteiger partial charge in [-0.15, -0.1) is 0 Å². The molecule has 0 aliphatic carbocycles. The second kappa shape index (κ2) is 10.3. The van der Waals surface area contributed by atoms with E-state index in [0.29, 0.717) is 0 Å². The molecule has 0 spiro atoms. The smallest absolute Gasteiger partial charge is 0.408 e. The topological polar surface area (TPSA) is 87.7 Å². The van der Waals surface area contributed by atoms with Crippen LogP contribution in [-0.4, -0.2) is 29.8 Å². The summed E-state index contributed by atoms with van der Waals surface area (Å²) in [6, 6.07) is 17.2. The van der Waals surface area contributed by atoms with Crippen LogP contribution in [0.15, 0.2) is 60.7 Å². The normalized spacial score (nSPS) is 12.9. The molecule has 2 aromatic carbocycles. The Labute approximate surface area is 159 Å². The number of alkyl carbamates (subject to hydrolysis) is 1. The van der Waals surface area contributed by atoms with Crippen molar-refractivity contribution in [1.82, 2.24) is 10.6 Å². The molecule has 0 saturated heterocycles. The van der Waals surface area contributed by atoms with Crippen LogP contribution in [0.5, 0.6) is 0 Å². The van der Waals surface area contributed by atoms with Crippen molar-refractivity contribution < 1.29 is 19.4 Å². The van der Waals surface area contributed by atoms with Crippen LogP contribution >= 0.6 is 0 Å². The van der Waals surface area contributed by atoms with Gasteiger partial charge in [-0.3, -0.25) is 4.79 Å². The van der Waals surface area contributed by atoms with E-state index in [2.05, 4.69) is 10.6 Å². The number of aliphatic hydroxyl groups excluding tert-OH is 1. The molecule has 2 rings (SSSR count). The molecule has 2 amide bonds. The van der Waals surface area contributed by atoms with Gasteiger partial charge < -0.3 is 20.5 Å². The summed E-state index contributed by atoms with van der Waals surface area (Å²) in [6.45, 7) is 3.55. The zero-order chi connectivity index (χ0) is 19.6. The number of amides is 2. The van der Waals surface area contributed by atoms with Crippen molar-refractivity contribution >= 4 is 12.0 Å². The Morgan fingerprint density at radius 2 is 1.56 bits per heavy atom. The van der Waals surface area contributed by atoms with Crippen LogP contribution in [0.4, 0.5) is 4.79 Å². The highest BCUT2D eigenvalue weighted by molar-refractivity contribution is 5.86. The monoisotopic (exact) mass is 370 g/mol. The minimum atomic E-state index is -0.772. The predicted octanol–water partition coefficient (Wildman–Crippen LogP) is 2.79. The number of nitrogens with one attached hydrogen (secondary N) is 2. The van der Waals surface area contributed by atoms with Crippen molar-refractivity contribution in [1.29, 1.82) is 0 Å². The van der Waals surface area contributed by atoms with Gasteiger partial charge in [0.05, 0.1) is 12.6 Å². The maximum absolute atomic E-state index is 12.6. The first-order chi connectivity index (χ1) is 13.0. The van der Waals surface area contributed by atoms with Crippen molar-refractivity contribution in [3.8, 4) is 0 Å². The highest BCUT2D eigenvalue weighted by atomic mass is 16.5. The Kier molecular flexibility index (Phi) is 7.82. The zero-order valence-electron chi connectivity index (χ0n) is 15.6. The predicted molar refractivity (Wildman–Crippen MR) is 103 cm³/mol. The first kappa shape index (κ1) is 20.5. The molecule has 2 atom stereocenters. The fraction of sp³-hybridized carbons (Fsp3) is 0.333. The van der Waals surface area contributed by atoms with Gasteiger partial charge in [-0.2, -0.15) is 0 Å². The Bertz CT molecular complexity index is 719. The number of carbonyl (C=O) groups excluding carboxylic acids is 2. The molecular weight excluding hydrogens is 344 g/mol. The SMILES string of the molecule is CC(C)[C@H](NC(=O)OCc1ccccc1)C(=O)N[C@@H](CO)c1ccccc1. The van der Waals surface area contributed by atoms with Gasteiger partial charge in [-0.25, -0.2) is 4.79 Å². The van der Waals surface area contributed by atoms with E-state index in [1.165, 1.54) is 0 Å². The number of aliphatic hydroxyl groups is 1. The summed E-state index contributed by atoms with van der Waals surface area (Å²) < 4.78 is 5.20. The van der Waals surface area contributed by atoms with E-state index < -0.39 is 18.2 Å². The van der Waals surface area contributed by atoms with E-state index in [4.69, 9.17) is 4.74 Å². The van der Waals surface area contributed by atoms with E-state index in [9.17, 15) is 14.7 Å². The lowest BCUT2D eigenvalue weighted by Gasteiger charge is -2.24. The molecule has 0 aliphatic heterocycles. The summed E-state index contributed by atoms with van der Waals surface area (Å²) in [5.74, 6) is -0.519. The second-order valence-corrected chi connectivity index (χ2v) is 6.58. The maximum atomic E-state index is 12.6. The Balaban J connectivity index is 1.94. The molecule has 0 bridgehead atoms. The molecule has 0 heterocycles. The fourth-order valence-corrected chi connectivity index (χ4v) is 2.61. The molecule has 2 aromatic rings. The van der Waals surface area contributed by atoms with Gasteiger partial charge in [0, 0.05) is 0 Å². The molecule has 0 radical (unpaired) electrons. The molecule has 0 fully saturated rings. The Hall–Kier alpha value is -2.86. The number of rotatable bonds is 8. The first-order valence-corrected chi connectivity index (χ1v) is 8.94. The van der Waals surface area contributed by atoms with Crippen molar-refractivity contribution in [2.45, 2.75) is 32.5 Å². The quantitative estimate of drug-likeness (QED) is 0.667. The summed E-state index contributed by atoms with van der Waals surface area (Å²) in [4.78, 5) is 24.7. The molecule has 6 nitrogen and oxygen atoms in total. The fourth-order valence-electron chi connectivity index (χ4n) is 2.61. The van der Waals surface area contributed by atoms with Gasteiger partial charge in [0.1, 0.15) is 12.6 Å². The van der Waals surface area contributed by atoms with Crippen molar-refractivity contribution in [3.63, 3.8) is 0 Å². The zero-order valence-corrected chi connectivity index (χ0v) is 15.6. The number of ether oxygens (including phenoxy) is 1. The van der Waals surface area contributed by atoms with Gasteiger partial charge in [0.15, 0.2) is 0 Å². The van der Waals surface area contributed by atoms with Gasteiger partial charge >= 0.3 is 6.09 Å². The summed E-state index contributed by atoms with van der Waals surface area (Å²) in [5.41, 5.74) is 1.66. The third-order valence-corrected chi connectivity index (χ3v) is 4.14. The average molecular weight is 370 g/mol. The Morgan fingerprint density at radius 1 is 0.963 bits per heavy atom. The van der Waals surface area contributed by atoms with Gasteiger partial charge in [-0.05, 0) is 17.0 Å². The molecule has 0 unspecified atom stereocenters. The van der Waals surface area contributed by atoms with Crippen LogP contribution in [0.1, 0.15) is 31.0 Å². The molecule has 3 N–H and O–H groups in total. The highest BCUT2D eigenvalue weighted by Crippen LogP contribution is 2.13. The molecule has 0 saturated carbocycles. The second-order valence-electron chi connectivity index (χ2n) is 6.58. The van der Waals surface area contributed by atoms with Crippen LogP contribution in [0.3, 0.4) is 0 Å². The standard InChI is InChI=1S/C21H26N2O4/c1-15(2)19(23-21(26)27-14-16-9-5-3-6-10-16)20(25)22-18(13-24)17-11-7-4-8-12-17/h3-12,15,18-19,24H,13-14H2,1-2H3,(H,22,25)(H,23,26)/t18-,19-/m0/s1. The number of benzene rings is 2. The highest BCUT2D eigenvalue weighted by Gasteiger charge is 2.27. The lowest BCUT2D eigenvalue weighted by molar-refractivity contribution is -0.125. The average Bonchev–Trinajstić information content (AvgIpc) is 2.69. The lowest BCUT2D eigenvalue weighted by Crippen LogP contribution is -2.51. The molecule has 0 aliphatic rings. The van der Waals surface area contributed by atoms with E-state index in [-0.39, 0.29) is 25.0 Å². The van der Waals surface area contributed by atoms with E-state index in [1.54, 1.807) is 0 Å². The van der Waals surface area contributed by atoms with E-state index >= 15 is 0 Å². The van der Waals surface area contributed by atoms with Crippen molar-refractivity contribution in [2.24, 2.45) is 5.92 Å². The molecule has 0 aromatic heterocycles. The minimum absolute atomic E-state index is 0.127. The van der Waals surface area contributed by atoms with Gasteiger partial charge in [0.25, 0.3) is 0 Å². The van der Waals surface area contributed by atoms with Crippen LogP contribution in [0, 0.1) is 5.92 Å². The first-order valence-electron chi connectivity index (χ1n) is 8.94. The molecule has 6 heteroatoms. The van der Waals surface area contributed by atoms with Crippen LogP contribution < -0.4 is 10.6 Å². The number of hydrogen-bond acceptors (Lipinski definition) is 4. The third-order valence-electron chi connectivity index (χ3n) is 4.14. The largest absolute Gasteiger partial charge is 0.445 e. The molecular formula is C21H26N2O4. The molecule has 144 valence electrons. The van der Waals surface area contributed by atoms with Crippen molar-refractivity contribution in [3.05, 3.63) is 71.8 Å². The van der Waals surface area contributed by atoms with Gasteiger partial charge in [-0.1, -0.05) is 74.5 Å². The van der Waals surface area contributed by atoms with Crippen LogP contribution in [0.25, 0.3) is 0 Å². The minimum Gasteiger partial charge on any atom is -0.445 e. The number of hydrogen-bond donors (Lipinski definition) is 3. The van der Waals surface area contributed by atoms with Crippen molar-refractivity contribution in [2.75, 3.05) is 6.61 Å². The number of carbonyl (C=O) groups is 2. The summed E-state index contributed by atoms with van der Waals surface area (Å²) in [5, 5.41) is 15.0. The van der Waals surface area contributed by atoms with Crippen LogP contribution in [0.2, 0.25) is 0 Å².